The summed E-state index contributed by atoms with van der Waals surface area (Å²) in [6.07, 6.45) is 1.97. The molecule has 100 valence electrons. The standard InChI is InChI=1S/C11H23N3O2S/c1-10-3-6-13(7-4-10)17(15,16)14-8-5-12-9-11(14)2/h10-12H,3-9H2,1-2H3/t11-/m0/s1. The molecule has 0 aliphatic carbocycles. The molecule has 0 radical (unpaired) electrons. The van der Waals surface area contributed by atoms with E-state index in [0.717, 1.165) is 25.9 Å². The van der Waals surface area contributed by atoms with E-state index in [1.807, 2.05) is 6.92 Å². The molecule has 2 fully saturated rings. The number of nitrogens with one attached hydrogen (secondary N) is 1. The second kappa shape index (κ2) is 5.22. The quantitative estimate of drug-likeness (QED) is 0.775. The van der Waals surface area contributed by atoms with Gasteiger partial charge in [-0.3, -0.25) is 0 Å². The van der Waals surface area contributed by atoms with Gasteiger partial charge in [-0.05, 0) is 25.7 Å². The van der Waals surface area contributed by atoms with E-state index >= 15 is 0 Å². The monoisotopic (exact) mass is 261 g/mol. The topological polar surface area (TPSA) is 52.7 Å². The van der Waals surface area contributed by atoms with Gasteiger partial charge in [0.25, 0.3) is 10.2 Å². The van der Waals surface area contributed by atoms with E-state index < -0.39 is 10.2 Å². The summed E-state index contributed by atoms with van der Waals surface area (Å²) >= 11 is 0. The van der Waals surface area contributed by atoms with Crippen LogP contribution in [0.25, 0.3) is 0 Å². The van der Waals surface area contributed by atoms with Gasteiger partial charge in [0, 0.05) is 38.8 Å². The molecule has 2 heterocycles. The van der Waals surface area contributed by atoms with E-state index in [1.165, 1.54) is 0 Å². The molecule has 6 heteroatoms. The molecule has 17 heavy (non-hydrogen) atoms. The van der Waals surface area contributed by atoms with Crippen molar-refractivity contribution in [3.8, 4) is 0 Å². The smallest absolute Gasteiger partial charge is 0.282 e. The first kappa shape index (κ1) is 13.3. The summed E-state index contributed by atoms with van der Waals surface area (Å²) in [6, 6.07) is 0.0631. The molecular formula is C11H23N3O2S. The Morgan fingerprint density at radius 2 is 1.76 bits per heavy atom. The van der Waals surface area contributed by atoms with Crippen molar-refractivity contribution < 1.29 is 8.42 Å². The van der Waals surface area contributed by atoms with Gasteiger partial charge in [0.05, 0.1) is 0 Å². The van der Waals surface area contributed by atoms with Crippen LogP contribution in [0.4, 0.5) is 0 Å². The molecule has 2 rings (SSSR count). The molecule has 0 aromatic carbocycles. The lowest BCUT2D eigenvalue weighted by molar-refractivity contribution is 0.230. The van der Waals surface area contributed by atoms with Gasteiger partial charge in [0.2, 0.25) is 0 Å². The molecule has 2 saturated heterocycles. The average Bonchev–Trinajstić information content (AvgIpc) is 2.30. The van der Waals surface area contributed by atoms with Crippen molar-refractivity contribution in [2.45, 2.75) is 32.7 Å². The van der Waals surface area contributed by atoms with Gasteiger partial charge >= 0.3 is 0 Å². The zero-order valence-electron chi connectivity index (χ0n) is 10.7. The molecule has 1 atom stereocenters. The second-order valence-electron chi connectivity index (χ2n) is 5.25. The van der Waals surface area contributed by atoms with Crippen LogP contribution in [0.5, 0.6) is 0 Å². The van der Waals surface area contributed by atoms with Gasteiger partial charge in [0.1, 0.15) is 0 Å². The fraction of sp³-hybridized carbons (Fsp3) is 1.00. The zero-order chi connectivity index (χ0) is 12.5. The highest BCUT2D eigenvalue weighted by atomic mass is 32.2. The Morgan fingerprint density at radius 1 is 1.12 bits per heavy atom. The molecule has 2 aliphatic rings. The summed E-state index contributed by atoms with van der Waals surface area (Å²) in [6.45, 7) is 7.63. The Labute approximate surface area is 104 Å². The third kappa shape index (κ3) is 2.81. The molecule has 0 aromatic rings. The van der Waals surface area contributed by atoms with Gasteiger partial charge in [-0.2, -0.15) is 17.0 Å². The minimum absolute atomic E-state index is 0.0631. The van der Waals surface area contributed by atoms with Gasteiger partial charge in [-0.15, -0.1) is 0 Å². The molecule has 5 nitrogen and oxygen atoms in total. The fourth-order valence-corrected chi connectivity index (χ4v) is 4.35. The predicted molar refractivity (Wildman–Crippen MR) is 67.9 cm³/mol. The van der Waals surface area contributed by atoms with Crippen LogP contribution in [0.1, 0.15) is 26.7 Å². The SMILES string of the molecule is CC1CCN(S(=O)(=O)N2CCNC[C@@H]2C)CC1. The number of rotatable bonds is 2. The molecule has 0 saturated carbocycles. The molecule has 0 unspecified atom stereocenters. The lowest BCUT2D eigenvalue weighted by Crippen LogP contribution is -2.57. The predicted octanol–water partition coefficient (Wildman–Crippen LogP) is 0.257. The van der Waals surface area contributed by atoms with Gasteiger partial charge in [0.15, 0.2) is 0 Å². The van der Waals surface area contributed by atoms with Crippen LogP contribution in [0, 0.1) is 5.92 Å². The van der Waals surface area contributed by atoms with E-state index in [1.54, 1.807) is 8.61 Å². The van der Waals surface area contributed by atoms with Gasteiger partial charge < -0.3 is 5.32 Å². The lowest BCUT2D eigenvalue weighted by Gasteiger charge is -2.38. The van der Waals surface area contributed by atoms with Crippen molar-refractivity contribution >= 4 is 10.2 Å². The zero-order valence-corrected chi connectivity index (χ0v) is 11.5. The van der Waals surface area contributed by atoms with Crippen LogP contribution in [0.3, 0.4) is 0 Å². The highest BCUT2D eigenvalue weighted by molar-refractivity contribution is 7.86. The molecule has 2 aliphatic heterocycles. The summed E-state index contributed by atoms with van der Waals surface area (Å²) in [5.41, 5.74) is 0. The van der Waals surface area contributed by atoms with Crippen LogP contribution in [-0.4, -0.2) is 55.8 Å². The minimum Gasteiger partial charge on any atom is -0.314 e. The van der Waals surface area contributed by atoms with Crippen LogP contribution < -0.4 is 5.32 Å². The molecule has 0 aromatic heterocycles. The first-order valence-corrected chi connectivity index (χ1v) is 7.89. The Bertz CT molecular complexity index is 350. The van der Waals surface area contributed by atoms with E-state index in [-0.39, 0.29) is 6.04 Å². The number of piperazine rings is 1. The average molecular weight is 261 g/mol. The molecule has 0 spiro atoms. The summed E-state index contributed by atoms with van der Waals surface area (Å²) in [5.74, 6) is 0.655. The maximum absolute atomic E-state index is 12.5. The minimum atomic E-state index is -3.23. The Hall–Kier alpha value is -0.170. The molecular weight excluding hydrogens is 238 g/mol. The number of hydrogen-bond donors (Lipinski definition) is 1. The highest BCUT2D eigenvalue weighted by Gasteiger charge is 2.35. The summed E-state index contributed by atoms with van der Waals surface area (Å²) in [4.78, 5) is 0. The maximum Gasteiger partial charge on any atom is 0.282 e. The number of nitrogens with zero attached hydrogens (tertiary/aromatic N) is 2. The van der Waals surface area contributed by atoms with Gasteiger partial charge in [-0.1, -0.05) is 6.92 Å². The van der Waals surface area contributed by atoms with E-state index in [4.69, 9.17) is 0 Å². The lowest BCUT2D eigenvalue weighted by atomic mass is 10.0. The largest absolute Gasteiger partial charge is 0.314 e. The summed E-state index contributed by atoms with van der Waals surface area (Å²) in [7, 11) is -3.23. The summed E-state index contributed by atoms with van der Waals surface area (Å²) in [5, 5.41) is 3.22. The third-order valence-corrected chi connectivity index (χ3v) is 5.96. The Morgan fingerprint density at radius 3 is 2.35 bits per heavy atom. The van der Waals surface area contributed by atoms with Crippen molar-refractivity contribution in [2.24, 2.45) is 5.92 Å². The second-order valence-corrected chi connectivity index (χ2v) is 7.13. The first-order chi connectivity index (χ1) is 8.01. The highest BCUT2D eigenvalue weighted by Crippen LogP contribution is 2.22. The Kier molecular flexibility index (Phi) is 4.07. The fourth-order valence-electron chi connectivity index (χ4n) is 2.53. The maximum atomic E-state index is 12.5. The van der Waals surface area contributed by atoms with Crippen molar-refractivity contribution in [3.63, 3.8) is 0 Å². The first-order valence-electron chi connectivity index (χ1n) is 6.49. The van der Waals surface area contributed by atoms with Crippen molar-refractivity contribution in [3.05, 3.63) is 0 Å². The molecule has 0 bridgehead atoms. The van der Waals surface area contributed by atoms with Crippen molar-refractivity contribution in [1.29, 1.82) is 0 Å². The van der Waals surface area contributed by atoms with E-state index in [0.29, 0.717) is 25.6 Å². The van der Waals surface area contributed by atoms with Crippen LogP contribution in [0.2, 0.25) is 0 Å². The van der Waals surface area contributed by atoms with E-state index in [9.17, 15) is 8.42 Å². The molecule has 1 N–H and O–H groups in total. The normalized spacial score (nSPS) is 30.6. The van der Waals surface area contributed by atoms with Crippen LogP contribution in [0.15, 0.2) is 0 Å². The number of hydrogen-bond acceptors (Lipinski definition) is 3. The summed E-state index contributed by atoms with van der Waals surface area (Å²) < 4.78 is 28.3. The number of piperidine rings is 1. The third-order valence-electron chi connectivity index (χ3n) is 3.81. The van der Waals surface area contributed by atoms with Gasteiger partial charge in [-0.25, -0.2) is 0 Å². The van der Waals surface area contributed by atoms with Crippen molar-refractivity contribution in [2.75, 3.05) is 32.7 Å². The van der Waals surface area contributed by atoms with Crippen LogP contribution >= 0.6 is 0 Å². The van der Waals surface area contributed by atoms with Crippen LogP contribution in [-0.2, 0) is 10.2 Å². The Balaban J connectivity index is 2.07. The van der Waals surface area contributed by atoms with E-state index in [2.05, 4.69) is 12.2 Å². The molecule has 0 amide bonds. The van der Waals surface area contributed by atoms with Crippen molar-refractivity contribution in [1.82, 2.24) is 13.9 Å².